The fraction of sp³-hybridized carbons (Fsp3) is 0.524. The Morgan fingerprint density at radius 3 is 2.25 bits per heavy atom. The molecule has 11 nitrogen and oxygen atoms in total. The number of ether oxygens (including phenoxy) is 2. The molecule has 1 saturated carbocycles. The first-order valence-electron chi connectivity index (χ1n) is 10.3. The molecule has 11 heteroatoms. The number of amides is 1. The third-order valence-corrected chi connectivity index (χ3v) is 5.12. The lowest BCUT2D eigenvalue weighted by Gasteiger charge is -2.21. The Labute approximate surface area is 183 Å². The van der Waals surface area contributed by atoms with E-state index in [2.05, 4.69) is 19.4 Å². The normalized spacial score (nSPS) is 13.3. The first-order chi connectivity index (χ1) is 15.2. The van der Waals surface area contributed by atoms with Gasteiger partial charge in [-0.2, -0.15) is 0 Å². The number of aromatic amines is 1. The van der Waals surface area contributed by atoms with E-state index in [9.17, 15) is 24.0 Å². The van der Waals surface area contributed by atoms with Crippen molar-refractivity contribution in [3.8, 4) is 0 Å². The number of nitrogens with one attached hydrogen (secondary N) is 1. The van der Waals surface area contributed by atoms with Crippen LogP contribution in [0.25, 0.3) is 11.0 Å². The molecule has 2 aromatic rings. The standard InChI is InChI=1S/C21H26N4O7/c1-11(2)8-25-18-17(19(28)23-21(25)30)13(7-14(22-18)12-5-6-12)20(29)24(9-15(26)31-3)10-16(27)32-4/h7,11-12H,5-6,8-10H2,1-4H3,(H,23,28,30). The summed E-state index contributed by atoms with van der Waals surface area (Å²) >= 11 is 0. The summed E-state index contributed by atoms with van der Waals surface area (Å²) in [4.78, 5) is 70.3. The molecule has 1 N–H and O–H groups in total. The maximum Gasteiger partial charge on any atom is 0.330 e. The lowest BCUT2D eigenvalue weighted by Crippen LogP contribution is -2.41. The minimum atomic E-state index is -0.765. The van der Waals surface area contributed by atoms with Gasteiger partial charge >= 0.3 is 17.6 Å². The number of nitrogens with zero attached hydrogens (tertiary/aromatic N) is 3. The van der Waals surface area contributed by atoms with Crippen molar-refractivity contribution in [1.82, 2.24) is 19.4 Å². The van der Waals surface area contributed by atoms with Gasteiger partial charge in [0.2, 0.25) is 0 Å². The van der Waals surface area contributed by atoms with Gasteiger partial charge in [-0.1, -0.05) is 13.8 Å². The van der Waals surface area contributed by atoms with Gasteiger partial charge in [0, 0.05) is 18.2 Å². The predicted molar refractivity (Wildman–Crippen MR) is 113 cm³/mol. The molecule has 2 aromatic heterocycles. The highest BCUT2D eigenvalue weighted by Crippen LogP contribution is 2.40. The lowest BCUT2D eigenvalue weighted by atomic mass is 10.1. The third-order valence-electron chi connectivity index (χ3n) is 5.12. The highest BCUT2D eigenvalue weighted by molar-refractivity contribution is 6.07. The Hall–Kier alpha value is -3.50. The quantitative estimate of drug-likeness (QED) is 0.575. The molecule has 172 valence electrons. The zero-order valence-corrected chi connectivity index (χ0v) is 18.5. The fourth-order valence-electron chi connectivity index (χ4n) is 3.40. The molecule has 1 aliphatic carbocycles. The summed E-state index contributed by atoms with van der Waals surface area (Å²) in [6.45, 7) is 3.07. The maximum atomic E-state index is 13.5. The summed E-state index contributed by atoms with van der Waals surface area (Å²) in [5.74, 6) is -2.04. The van der Waals surface area contributed by atoms with Gasteiger partial charge in [0.15, 0.2) is 5.65 Å². The van der Waals surface area contributed by atoms with Crippen molar-refractivity contribution in [3.05, 3.63) is 38.2 Å². The number of H-pyrrole nitrogens is 1. The highest BCUT2D eigenvalue weighted by atomic mass is 16.5. The second-order valence-corrected chi connectivity index (χ2v) is 8.14. The zero-order chi connectivity index (χ0) is 23.6. The Balaban J connectivity index is 2.24. The number of carbonyl (C=O) groups excluding carboxylic acids is 3. The van der Waals surface area contributed by atoms with E-state index in [4.69, 9.17) is 0 Å². The van der Waals surface area contributed by atoms with Gasteiger partial charge in [-0.15, -0.1) is 0 Å². The number of fused-ring (bicyclic) bond motifs is 1. The van der Waals surface area contributed by atoms with E-state index in [-0.39, 0.29) is 35.0 Å². The minimum Gasteiger partial charge on any atom is -0.468 e. The van der Waals surface area contributed by atoms with Gasteiger partial charge in [0.25, 0.3) is 11.5 Å². The maximum absolute atomic E-state index is 13.5. The fourth-order valence-corrected chi connectivity index (χ4v) is 3.40. The van der Waals surface area contributed by atoms with Crippen LogP contribution in [0.15, 0.2) is 15.7 Å². The zero-order valence-electron chi connectivity index (χ0n) is 18.5. The van der Waals surface area contributed by atoms with Crippen LogP contribution in [0.2, 0.25) is 0 Å². The van der Waals surface area contributed by atoms with E-state index in [0.29, 0.717) is 5.69 Å². The molecule has 2 heterocycles. The third kappa shape index (κ3) is 4.87. The summed E-state index contributed by atoms with van der Waals surface area (Å²) in [5, 5.41) is -0.0700. The number of hydrogen-bond acceptors (Lipinski definition) is 8. The van der Waals surface area contributed by atoms with E-state index >= 15 is 0 Å². The number of hydrogen-bond donors (Lipinski definition) is 1. The Morgan fingerprint density at radius 1 is 1.16 bits per heavy atom. The lowest BCUT2D eigenvalue weighted by molar-refractivity contribution is -0.144. The molecular weight excluding hydrogens is 420 g/mol. The molecule has 32 heavy (non-hydrogen) atoms. The summed E-state index contributed by atoms with van der Waals surface area (Å²) in [5.41, 5.74) is -0.727. The van der Waals surface area contributed by atoms with Crippen molar-refractivity contribution in [2.45, 2.75) is 39.2 Å². The van der Waals surface area contributed by atoms with Crippen LogP contribution in [0.1, 0.15) is 48.7 Å². The second kappa shape index (κ2) is 9.33. The molecule has 1 aliphatic rings. The second-order valence-electron chi connectivity index (χ2n) is 8.14. The Kier molecular flexibility index (Phi) is 6.75. The van der Waals surface area contributed by atoms with Crippen molar-refractivity contribution in [2.24, 2.45) is 5.92 Å². The Morgan fingerprint density at radius 2 is 1.75 bits per heavy atom. The largest absolute Gasteiger partial charge is 0.468 e. The molecule has 1 amide bonds. The average Bonchev–Trinajstić information content (AvgIpc) is 3.59. The van der Waals surface area contributed by atoms with Crippen LogP contribution in [-0.4, -0.2) is 64.6 Å². The van der Waals surface area contributed by atoms with Gasteiger partial charge < -0.3 is 14.4 Å². The first kappa shape index (κ1) is 23.2. The van der Waals surface area contributed by atoms with Crippen molar-refractivity contribution < 1.29 is 23.9 Å². The van der Waals surface area contributed by atoms with Gasteiger partial charge in [0.05, 0.1) is 25.2 Å². The molecule has 3 rings (SSSR count). The number of esters is 2. The molecule has 0 unspecified atom stereocenters. The molecular formula is C21H26N4O7. The SMILES string of the molecule is COC(=O)CN(CC(=O)OC)C(=O)c1cc(C2CC2)nc2c1c(=O)[nH]c(=O)n2CC(C)C. The summed E-state index contributed by atoms with van der Waals surface area (Å²) in [7, 11) is 2.32. The van der Waals surface area contributed by atoms with Crippen LogP contribution in [0, 0.1) is 5.92 Å². The van der Waals surface area contributed by atoms with Gasteiger partial charge in [-0.05, 0) is 24.8 Å². The number of methoxy groups -OCH3 is 2. The smallest absolute Gasteiger partial charge is 0.330 e. The van der Waals surface area contributed by atoms with Gasteiger partial charge in [0.1, 0.15) is 13.1 Å². The average molecular weight is 446 g/mol. The number of pyridine rings is 1. The van der Waals surface area contributed by atoms with Crippen molar-refractivity contribution >= 4 is 28.9 Å². The van der Waals surface area contributed by atoms with E-state index < -0.39 is 42.2 Å². The number of rotatable bonds is 8. The first-order valence-corrected chi connectivity index (χ1v) is 10.3. The Bertz CT molecular complexity index is 1160. The highest BCUT2D eigenvalue weighted by Gasteiger charge is 2.31. The van der Waals surface area contributed by atoms with Crippen LogP contribution < -0.4 is 11.2 Å². The van der Waals surface area contributed by atoms with Crippen LogP contribution >= 0.6 is 0 Å². The molecule has 0 aliphatic heterocycles. The van der Waals surface area contributed by atoms with Gasteiger partial charge in [-0.3, -0.25) is 28.7 Å². The topological polar surface area (TPSA) is 141 Å². The molecule has 0 spiro atoms. The minimum absolute atomic E-state index is 0.0385. The van der Waals surface area contributed by atoms with Crippen molar-refractivity contribution in [3.63, 3.8) is 0 Å². The van der Waals surface area contributed by atoms with E-state index in [0.717, 1.165) is 32.0 Å². The summed E-state index contributed by atoms with van der Waals surface area (Å²) < 4.78 is 10.6. The van der Waals surface area contributed by atoms with Crippen molar-refractivity contribution in [1.29, 1.82) is 0 Å². The van der Waals surface area contributed by atoms with E-state index in [1.807, 2.05) is 13.8 Å². The van der Waals surface area contributed by atoms with Gasteiger partial charge in [-0.25, -0.2) is 9.78 Å². The molecule has 0 radical (unpaired) electrons. The van der Waals surface area contributed by atoms with Crippen molar-refractivity contribution in [2.75, 3.05) is 27.3 Å². The predicted octanol–water partition coefficient (Wildman–Crippen LogP) is 0.406. The van der Waals surface area contributed by atoms with E-state index in [1.54, 1.807) is 0 Å². The van der Waals surface area contributed by atoms with E-state index in [1.165, 1.54) is 10.6 Å². The van der Waals surface area contributed by atoms with Crippen LogP contribution in [-0.2, 0) is 25.6 Å². The number of carbonyl (C=O) groups is 3. The monoisotopic (exact) mass is 446 g/mol. The van der Waals surface area contributed by atoms with Crippen LogP contribution in [0.3, 0.4) is 0 Å². The number of aromatic nitrogens is 3. The summed E-state index contributed by atoms with van der Waals surface area (Å²) in [6, 6.07) is 1.50. The van der Waals surface area contributed by atoms with Crippen LogP contribution in [0.4, 0.5) is 0 Å². The molecule has 0 aromatic carbocycles. The molecule has 0 atom stereocenters. The molecule has 1 fully saturated rings. The molecule has 0 bridgehead atoms. The molecule has 0 saturated heterocycles. The summed E-state index contributed by atoms with van der Waals surface area (Å²) in [6.07, 6.45) is 1.75. The van der Waals surface area contributed by atoms with Crippen LogP contribution in [0.5, 0.6) is 0 Å².